The number of nitro groups is 1. The molecule has 3 aromatic rings. The van der Waals surface area contributed by atoms with Gasteiger partial charge in [-0.3, -0.25) is 19.6 Å². The Hall–Kier alpha value is -3.88. The molecule has 144 valence electrons. The second-order valence-corrected chi connectivity index (χ2v) is 5.73. The van der Waals surface area contributed by atoms with Crippen molar-refractivity contribution in [3.8, 4) is 11.5 Å². The molecule has 0 radical (unpaired) electrons. The van der Waals surface area contributed by atoms with Gasteiger partial charge in [0.05, 0.1) is 11.5 Å². The van der Waals surface area contributed by atoms with Crippen LogP contribution in [0.2, 0.25) is 0 Å². The van der Waals surface area contributed by atoms with Gasteiger partial charge in [0, 0.05) is 36.3 Å². The van der Waals surface area contributed by atoms with Gasteiger partial charge in [-0.25, -0.2) is 0 Å². The number of hydrogen-bond donors (Lipinski definition) is 1. The van der Waals surface area contributed by atoms with Crippen molar-refractivity contribution in [3.05, 3.63) is 77.1 Å². The maximum absolute atomic E-state index is 12.0. The van der Waals surface area contributed by atoms with Gasteiger partial charge in [0.1, 0.15) is 18.1 Å². The van der Waals surface area contributed by atoms with Crippen LogP contribution in [-0.4, -0.2) is 33.8 Å². The minimum absolute atomic E-state index is 0.0406. The Bertz CT molecular complexity index is 926. The topological polar surface area (TPSA) is 109 Å². The van der Waals surface area contributed by atoms with E-state index in [0.29, 0.717) is 30.3 Å². The molecule has 0 unspecified atom stereocenters. The first-order chi connectivity index (χ1) is 13.6. The third-order valence-electron chi connectivity index (χ3n) is 3.68. The number of non-ortho nitro benzene ring substituents is 1. The quantitative estimate of drug-likeness (QED) is 0.450. The van der Waals surface area contributed by atoms with Crippen LogP contribution in [0.5, 0.6) is 11.5 Å². The summed E-state index contributed by atoms with van der Waals surface area (Å²) in [7, 11) is 0. The van der Waals surface area contributed by atoms with Gasteiger partial charge in [0.2, 0.25) is 0 Å². The number of carbonyl (C=O) groups excluding carboxylic acids is 1. The van der Waals surface area contributed by atoms with Crippen molar-refractivity contribution >= 4 is 17.3 Å². The molecular formula is C19H18N4O5. The smallest absolute Gasteiger partial charge is 0.269 e. The van der Waals surface area contributed by atoms with Gasteiger partial charge in [-0.2, -0.15) is 5.10 Å². The van der Waals surface area contributed by atoms with E-state index in [-0.39, 0.29) is 18.2 Å². The molecule has 2 aromatic carbocycles. The van der Waals surface area contributed by atoms with Gasteiger partial charge in [-0.1, -0.05) is 6.07 Å². The summed E-state index contributed by atoms with van der Waals surface area (Å²) < 4.78 is 12.8. The van der Waals surface area contributed by atoms with Gasteiger partial charge in [0.25, 0.3) is 11.6 Å². The summed E-state index contributed by atoms with van der Waals surface area (Å²) in [5.41, 5.74) is 0.537. The highest BCUT2D eigenvalue weighted by molar-refractivity contribution is 5.92. The normalized spacial score (nSPS) is 10.3. The third-order valence-corrected chi connectivity index (χ3v) is 3.68. The van der Waals surface area contributed by atoms with Crippen LogP contribution in [0.3, 0.4) is 0 Å². The summed E-state index contributed by atoms with van der Waals surface area (Å²) in [6.45, 7) is 0.844. The lowest BCUT2D eigenvalue weighted by Gasteiger charge is -2.10. The molecule has 0 atom stereocenters. The summed E-state index contributed by atoms with van der Waals surface area (Å²) in [6, 6.07) is 14.4. The Morgan fingerprint density at radius 3 is 2.64 bits per heavy atom. The molecular weight excluding hydrogens is 364 g/mol. The summed E-state index contributed by atoms with van der Waals surface area (Å²) in [4.78, 5) is 22.2. The van der Waals surface area contributed by atoms with Crippen LogP contribution in [-0.2, 0) is 11.3 Å². The largest absolute Gasteiger partial charge is 0.492 e. The standard InChI is InChI=1S/C19H18N4O5/c24-19(14-28-17-7-5-16(6-8-17)23(25)26)21-15-3-1-4-18(13-15)27-12-11-22-10-2-9-20-22/h1-10,13H,11-12,14H2,(H,21,24). The number of nitrogens with zero attached hydrogens (tertiary/aromatic N) is 3. The van der Waals surface area contributed by atoms with Crippen molar-refractivity contribution in [3.63, 3.8) is 0 Å². The Balaban J connectivity index is 1.46. The molecule has 9 heteroatoms. The highest BCUT2D eigenvalue weighted by Crippen LogP contribution is 2.19. The first kappa shape index (κ1) is 18.9. The number of aromatic nitrogens is 2. The van der Waals surface area contributed by atoms with Crippen molar-refractivity contribution in [1.29, 1.82) is 0 Å². The van der Waals surface area contributed by atoms with Crippen molar-refractivity contribution in [2.75, 3.05) is 18.5 Å². The molecule has 1 aromatic heterocycles. The number of ether oxygens (including phenoxy) is 2. The maximum Gasteiger partial charge on any atom is 0.269 e. The zero-order valence-corrected chi connectivity index (χ0v) is 14.9. The molecule has 0 fully saturated rings. The summed E-state index contributed by atoms with van der Waals surface area (Å²) in [5.74, 6) is 0.643. The monoisotopic (exact) mass is 382 g/mol. The minimum Gasteiger partial charge on any atom is -0.492 e. The second-order valence-electron chi connectivity index (χ2n) is 5.73. The van der Waals surface area contributed by atoms with Crippen LogP contribution in [0, 0.1) is 10.1 Å². The Labute approximate surface area is 160 Å². The SMILES string of the molecule is O=C(COc1ccc([N+](=O)[O-])cc1)Nc1cccc(OCCn2cccn2)c1. The van der Waals surface area contributed by atoms with Gasteiger partial charge in [0.15, 0.2) is 6.61 Å². The van der Waals surface area contributed by atoms with Crippen LogP contribution in [0.4, 0.5) is 11.4 Å². The fourth-order valence-electron chi connectivity index (χ4n) is 2.36. The molecule has 1 heterocycles. The molecule has 0 spiro atoms. The molecule has 9 nitrogen and oxygen atoms in total. The molecule has 0 saturated heterocycles. The van der Waals surface area contributed by atoms with Crippen LogP contribution in [0.1, 0.15) is 0 Å². The fraction of sp³-hybridized carbons (Fsp3) is 0.158. The van der Waals surface area contributed by atoms with E-state index >= 15 is 0 Å². The Morgan fingerprint density at radius 1 is 1.11 bits per heavy atom. The Morgan fingerprint density at radius 2 is 1.93 bits per heavy atom. The highest BCUT2D eigenvalue weighted by Gasteiger charge is 2.07. The molecule has 0 aliphatic rings. The molecule has 28 heavy (non-hydrogen) atoms. The zero-order valence-electron chi connectivity index (χ0n) is 14.9. The van der Waals surface area contributed by atoms with Crippen LogP contribution in [0.15, 0.2) is 67.0 Å². The zero-order chi connectivity index (χ0) is 19.8. The fourth-order valence-corrected chi connectivity index (χ4v) is 2.36. The first-order valence-corrected chi connectivity index (χ1v) is 8.47. The van der Waals surface area contributed by atoms with Crippen molar-refractivity contribution in [1.82, 2.24) is 9.78 Å². The number of rotatable bonds is 9. The van der Waals surface area contributed by atoms with E-state index in [9.17, 15) is 14.9 Å². The molecule has 0 bridgehead atoms. The second kappa shape index (κ2) is 9.17. The van der Waals surface area contributed by atoms with E-state index < -0.39 is 4.92 Å². The lowest BCUT2D eigenvalue weighted by atomic mass is 10.3. The predicted molar refractivity (Wildman–Crippen MR) is 101 cm³/mol. The van der Waals surface area contributed by atoms with Crippen molar-refractivity contribution < 1.29 is 19.2 Å². The van der Waals surface area contributed by atoms with E-state index in [1.807, 2.05) is 12.3 Å². The van der Waals surface area contributed by atoms with Gasteiger partial charge >= 0.3 is 0 Å². The van der Waals surface area contributed by atoms with E-state index in [1.54, 1.807) is 35.1 Å². The van der Waals surface area contributed by atoms with Crippen LogP contribution >= 0.6 is 0 Å². The Kier molecular flexibility index (Phi) is 6.19. The van der Waals surface area contributed by atoms with E-state index in [1.165, 1.54) is 24.3 Å². The average Bonchev–Trinajstić information content (AvgIpc) is 3.20. The predicted octanol–water partition coefficient (Wildman–Crippen LogP) is 2.89. The number of anilines is 1. The summed E-state index contributed by atoms with van der Waals surface area (Å²) >= 11 is 0. The summed E-state index contributed by atoms with van der Waals surface area (Å²) in [6.07, 6.45) is 3.56. The molecule has 0 saturated carbocycles. The van der Waals surface area contributed by atoms with E-state index in [4.69, 9.17) is 9.47 Å². The third kappa shape index (κ3) is 5.56. The van der Waals surface area contributed by atoms with Gasteiger partial charge in [-0.05, 0) is 30.3 Å². The number of hydrogen-bond acceptors (Lipinski definition) is 6. The summed E-state index contributed by atoms with van der Waals surface area (Å²) in [5, 5.41) is 17.4. The van der Waals surface area contributed by atoms with Crippen LogP contribution in [0.25, 0.3) is 0 Å². The molecule has 3 rings (SSSR count). The highest BCUT2D eigenvalue weighted by atomic mass is 16.6. The first-order valence-electron chi connectivity index (χ1n) is 8.47. The van der Waals surface area contributed by atoms with Crippen molar-refractivity contribution in [2.45, 2.75) is 6.54 Å². The average molecular weight is 382 g/mol. The molecule has 1 amide bonds. The van der Waals surface area contributed by atoms with Gasteiger partial charge in [-0.15, -0.1) is 0 Å². The lowest BCUT2D eigenvalue weighted by Crippen LogP contribution is -2.20. The van der Waals surface area contributed by atoms with E-state index in [0.717, 1.165) is 0 Å². The molecule has 0 aliphatic carbocycles. The number of carbonyl (C=O) groups is 1. The van der Waals surface area contributed by atoms with Crippen LogP contribution < -0.4 is 14.8 Å². The number of nitrogens with one attached hydrogen (secondary N) is 1. The maximum atomic E-state index is 12.0. The minimum atomic E-state index is -0.499. The van der Waals surface area contributed by atoms with Gasteiger partial charge < -0.3 is 14.8 Å². The lowest BCUT2D eigenvalue weighted by molar-refractivity contribution is -0.384. The van der Waals surface area contributed by atoms with Crippen molar-refractivity contribution in [2.24, 2.45) is 0 Å². The number of nitro benzene ring substituents is 1. The van der Waals surface area contributed by atoms with E-state index in [2.05, 4.69) is 10.4 Å². The number of amides is 1. The number of benzene rings is 2. The molecule has 1 N–H and O–H groups in total. The molecule has 0 aliphatic heterocycles.